The molecule has 0 bridgehead atoms. The number of nitro groups is 1. The summed E-state index contributed by atoms with van der Waals surface area (Å²) in [5.74, 6) is -0.310. The van der Waals surface area contributed by atoms with Crippen molar-refractivity contribution in [2.75, 3.05) is 19.6 Å². The summed E-state index contributed by atoms with van der Waals surface area (Å²) in [5.41, 5.74) is -0.00419. The second-order valence-electron chi connectivity index (χ2n) is 6.46. The van der Waals surface area contributed by atoms with Crippen LogP contribution in [0.4, 0.5) is 5.69 Å². The Balaban J connectivity index is 2.00. The fourth-order valence-corrected chi connectivity index (χ4v) is 3.07. The smallest absolute Gasteiger partial charge is 0.270 e. The number of nitrogens with zero attached hydrogens (tertiary/aromatic N) is 2. The van der Waals surface area contributed by atoms with Gasteiger partial charge in [-0.1, -0.05) is 18.0 Å². The van der Waals surface area contributed by atoms with Crippen molar-refractivity contribution in [1.82, 2.24) is 10.2 Å². The highest BCUT2D eigenvalue weighted by Gasteiger charge is 2.28. The van der Waals surface area contributed by atoms with E-state index in [-0.39, 0.29) is 27.7 Å². The van der Waals surface area contributed by atoms with E-state index in [1.807, 2.05) is 0 Å². The van der Waals surface area contributed by atoms with Crippen molar-refractivity contribution in [2.24, 2.45) is 0 Å². The van der Waals surface area contributed by atoms with Crippen LogP contribution < -0.4 is 5.32 Å². The lowest BCUT2D eigenvalue weighted by Gasteiger charge is -2.41. The monoisotopic (exact) mass is 339 g/mol. The lowest BCUT2D eigenvalue weighted by molar-refractivity contribution is -0.384. The largest absolute Gasteiger partial charge is 0.350 e. The minimum atomic E-state index is -0.535. The van der Waals surface area contributed by atoms with Crippen molar-refractivity contribution < 1.29 is 9.72 Å². The maximum absolute atomic E-state index is 12.3. The van der Waals surface area contributed by atoms with Gasteiger partial charge in [0.1, 0.15) is 0 Å². The number of hydrogen-bond acceptors (Lipinski definition) is 4. The summed E-state index contributed by atoms with van der Waals surface area (Å²) in [4.78, 5) is 24.8. The first-order valence-corrected chi connectivity index (χ1v) is 8.16. The molecular weight excluding hydrogens is 318 g/mol. The minimum Gasteiger partial charge on any atom is -0.350 e. The Hall–Kier alpha value is -1.66. The molecule has 1 heterocycles. The molecule has 1 saturated heterocycles. The SMILES string of the molecule is CC(C)(CNC(=O)c1ccc([N+](=O)[O-])cc1Cl)N1CCCCC1. The summed E-state index contributed by atoms with van der Waals surface area (Å²) in [6.45, 7) is 6.80. The van der Waals surface area contributed by atoms with Gasteiger partial charge in [0.2, 0.25) is 0 Å². The van der Waals surface area contributed by atoms with Gasteiger partial charge in [0.25, 0.3) is 11.6 Å². The molecule has 1 N–H and O–H groups in total. The van der Waals surface area contributed by atoms with Crippen molar-refractivity contribution in [2.45, 2.75) is 38.6 Å². The summed E-state index contributed by atoms with van der Waals surface area (Å²) in [6, 6.07) is 3.88. The maximum atomic E-state index is 12.3. The average molecular weight is 340 g/mol. The van der Waals surface area contributed by atoms with Crippen molar-refractivity contribution in [3.63, 3.8) is 0 Å². The highest BCUT2D eigenvalue weighted by atomic mass is 35.5. The van der Waals surface area contributed by atoms with Gasteiger partial charge in [-0.3, -0.25) is 19.8 Å². The van der Waals surface area contributed by atoms with Gasteiger partial charge in [-0.05, 0) is 45.8 Å². The summed E-state index contributed by atoms with van der Waals surface area (Å²) >= 11 is 5.99. The van der Waals surface area contributed by atoms with Crippen LogP contribution in [0.1, 0.15) is 43.5 Å². The van der Waals surface area contributed by atoms with E-state index < -0.39 is 4.92 Å². The molecule has 0 aliphatic carbocycles. The molecule has 0 aromatic heterocycles. The number of likely N-dealkylation sites (tertiary alicyclic amines) is 1. The molecule has 1 aromatic carbocycles. The van der Waals surface area contributed by atoms with Crippen LogP contribution in [0.5, 0.6) is 0 Å². The van der Waals surface area contributed by atoms with Gasteiger partial charge in [0.15, 0.2) is 0 Å². The molecule has 7 heteroatoms. The highest BCUT2D eigenvalue weighted by molar-refractivity contribution is 6.34. The third-order valence-electron chi connectivity index (χ3n) is 4.30. The third kappa shape index (κ3) is 4.42. The zero-order valence-corrected chi connectivity index (χ0v) is 14.2. The molecule has 0 atom stereocenters. The first kappa shape index (κ1) is 17.7. The van der Waals surface area contributed by atoms with Gasteiger partial charge in [0.05, 0.1) is 15.5 Å². The number of hydrogen-bond donors (Lipinski definition) is 1. The van der Waals surface area contributed by atoms with E-state index in [1.165, 1.54) is 37.5 Å². The van der Waals surface area contributed by atoms with Crippen LogP contribution >= 0.6 is 11.6 Å². The standard InChI is InChI=1S/C16H22ClN3O3/c1-16(2,19-8-4-3-5-9-19)11-18-15(21)13-7-6-12(20(22)23)10-14(13)17/h6-7,10H,3-5,8-9,11H2,1-2H3,(H,18,21). The summed E-state index contributed by atoms with van der Waals surface area (Å²) in [7, 11) is 0. The summed E-state index contributed by atoms with van der Waals surface area (Å²) < 4.78 is 0. The second-order valence-corrected chi connectivity index (χ2v) is 6.87. The molecule has 1 aromatic rings. The van der Waals surface area contributed by atoms with E-state index in [9.17, 15) is 14.9 Å². The lowest BCUT2D eigenvalue weighted by Crippen LogP contribution is -2.53. The molecule has 0 radical (unpaired) electrons. The van der Waals surface area contributed by atoms with Gasteiger partial charge in [-0.2, -0.15) is 0 Å². The zero-order valence-electron chi connectivity index (χ0n) is 13.5. The number of nitrogens with one attached hydrogen (secondary N) is 1. The van der Waals surface area contributed by atoms with Crippen molar-refractivity contribution >= 4 is 23.2 Å². The fourth-order valence-electron chi connectivity index (χ4n) is 2.80. The predicted octanol–water partition coefficient (Wildman–Crippen LogP) is 3.24. The van der Waals surface area contributed by atoms with E-state index in [2.05, 4.69) is 24.1 Å². The quantitative estimate of drug-likeness (QED) is 0.660. The Morgan fingerprint density at radius 1 is 1.35 bits per heavy atom. The van der Waals surface area contributed by atoms with Crippen LogP contribution in [0.25, 0.3) is 0 Å². The molecule has 2 rings (SSSR count). The van der Waals surface area contributed by atoms with Crippen LogP contribution in [0, 0.1) is 10.1 Å². The average Bonchev–Trinajstić information content (AvgIpc) is 2.53. The van der Waals surface area contributed by atoms with E-state index in [0.29, 0.717) is 6.54 Å². The van der Waals surface area contributed by atoms with E-state index in [4.69, 9.17) is 11.6 Å². The van der Waals surface area contributed by atoms with Crippen LogP contribution in [-0.4, -0.2) is 40.9 Å². The second kappa shape index (κ2) is 7.27. The molecular formula is C16H22ClN3O3. The highest BCUT2D eigenvalue weighted by Crippen LogP contribution is 2.23. The van der Waals surface area contributed by atoms with E-state index in [0.717, 1.165) is 13.1 Å². The molecule has 1 aliphatic heterocycles. The first-order valence-electron chi connectivity index (χ1n) is 7.78. The number of carbonyl (C=O) groups is 1. The molecule has 0 saturated carbocycles. The van der Waals surface area contributed by atoms with E-state index >= 15 is 0 Å². The maximum Gasteiger partial charge on any atom is 0.270 e. The van der Waals surface area contributed by atoms with Gasteiger partial charge in [0, 0.05) is 24.2 Å². The fraction of sp³-hybridized carbons (Fsp3) is 0.562. The van der Waals surface area contributed by atoms with Gasteiger partial charge < -0.3 is 5.32 Å². The Kier molecular flexibility index (Phi) is 5.59. The number of carbonyl (C=O) groups excluding carboxylic acids is 1. The Morgan fingerprint density at radius 3 is 2.57 bits per heavy atom. The number of benzene rings is 1. The molecule has 0 spiro atoms. The topological polar surface area (TPSA) is 75.5 Å². The van der Waals surface area contributed by atoms with Crippen LogP contribution in [0.3, 0.4) is 0 Å². The Morgan fingerprint density at radius 2 is 2.00 bits per heavy atom. The predicted molar refractivity (Wildman–Crippen MR) is 89.9 cm³/mol. The molecule has 0 unspecified atom stereocenters. The lowest BCUT2D eigenvalue weighted by atomic mass is 9.98. The zero-order chi connectivity index (χ0) is 17.0. The molecule has 1 amide bonds. The van der Waals surface area contributed by atoms with Crippen LogP contribution in [-0.2, 0) is 0 Å². The number of nitro benzene ring substituents is 1. The molecule has 126 valence electrons. The van der Waals surface area contributed by atoms with E-state index in [1.54, 1.807) is 0 Å². The summed E-state index contributed by atoms with van der Waals surface area (Å²) in [6.07, 6.45) is 3.63. The van der Waals surface area contributed by atoms with Crippen molar-refractivity contribution in [3.8, 4) is 0 Å². The molecule has 23 heavy (non-hydrogen) atoms. The van der Waals surface area contributed by atoms with Crippen molar-refractivity contribution in [1.29, 1.82) is 0 Å². The minimum absolute atomic E-state index is 0.0903. The number of amides is 1. The number of piperidine rings is 1. The van der Waals surface area contributed by atoms with Gasteiger partial charge in [-0.15, -0.1) is 0 Å². The molecule has 6 nitrogen and oxygen atoms in total. The molecule has 1 fully saturated rings. The Labute approximate surface area is 141 Å². The van der Waals surface area contributed by atoms with Crippen molar-refractivity contribution in [3.05, 3.63) is 38.9 Å². The number of rotatable bonds is 5. The Bertz CT molecular complexity index is 598. The number of non-ortho nitro benzene ring substituents is 1. The molecule has 1 aliphatic rings. The normalized spacial score (nSPS) is 16.1. The first-order chi connectivity index (χ1) is 10.8. The number of halogens is 1. The van der Waals surface area contributed by atoms with Crippen LogP contribution in [0.2, 0.25) is 5.02 Å². The van der Waals surface area contributed by atoms with Gasteiger partial charge in [-0.25, -0.2) is 0 Å². The third-order valence-corrected chi connectivity index (χ3v) is 4.61. The van der Waals surface area contributed by atoms with Gasteiger partial charge >= 0.3 is 0 Å². The van der Waals surface area contributed by atoms with Crippen LogP contribution in [0.15, 0.2) is 18.2 Å². The summed E-state index contributed by atoms with van der Waals surface area (Å²) in [5, 5.41) is 13.7.